The first kappa shape index (κ1) is 18.2. The molecule has 28 heavy (non-hydrogen) atoms. The number of carbonyl (C=O) groups excluding carboxylic acids is 2. The monoisotopic (exact) mass is 382 g/mol. The number of para-hydroxylation sites is 1. The highest BCUT2D eigenvalue weighted by atomic mass is 16.5. The number of ether oxygens (including phenoxy) is 2. The van der Waals surface area contributed by atoms with Crippen LogP contribution in [0.5, 0.6) is 11.8 Å². The zero-order chi connectivity index (χ0) is 19.5. The molecule has 0 N–H and O–H groups in total. The van der Waals surface area contributed by atoms with Crippen molar-refractivity contribution < 1.29 is 19.1 Å². The molecule has 1 aromatic heterocycles. The second kappa shape index (κ2) is 7.84. The highest BCUT2D eigenvalue weighted by molar-refractivity contribution is 6.00. The van der Waals surface area contributed by atoms with Crippen molar-refractivity contribution in [1.82, 2.24) is 15.1 Å². The van der Waals surface area contributed by atoms with Gasteiger partial charge in [-0.15, -0.1) is 10.2 Å². The van der Waals surface area contributed by atoms with Crippen molar-refractivity contribution in [2.75, 3.05) is 31.6 Å². The third kappa shape index (κ3) is 3.76. The molecule has 2 atom stereocenters. The Hall–Kier alpha value is -3.16. The van der Waals surface area contributed by atoms with Gasteiger partial charge in [0.05, 0.1) is 19.6 Å². The van der Waals surface area contributed by atoms with E-state index in [-0.39, 0.29) is 30.3 Å². The summed E-state index contributed by atoms with van der Waals surface area (Å²) in [4.78, 5) is 28.7. The summed E-state index contributed by atoms with van der Waals surface area (Å²) in [5.41, 5.74) is 0.837. The third-order valence-corrected chi connectivity index (χ3v) is 5.11. The largest absolute Gasteiger partial charge is 0.480 e. The molecule has 0 bridgehead atoms. The number of hydrogen-bond acceptors (Lipinski definition) is 6. The molecule has 2 fully saturated rings. The smallest absolute Gasteiger partial charge is 0.233 e. The van der Waals surface area contributed by atoms with E-state index in [1.165, 1.54) is 7.11 Å². The number of hydrogen-bond donors (Lipinski definition) is 0. The van der Waals surface area contributed by atoms with E-state index in [9.17, 15) is 9.59 Å². The number of nitrogens with zero attached hydrogens (tertiary/aromatic N) is 4. The predicted octanol–water partition coefficient (Wildman–Crippen LogP) is 1.52. The summed E-state index contributed by atoms with van der Waals surface area (Å²) in [7, 11) is 1.53. The van der Waals surface area contributed by atoms with Gasteiger partial charge in [-0.2, -0.15) is 0 Å². The fraction of sp³-hybridized carbons (Fsp3) is 0.400. The lowest BCUT2D eigenvalue weighted by Gasteiger charge is -2.21. The molecule has 0 aliphatic carbocycles. The maximum atomic E-state index is 12.9. The molecule has 1 aromatic carbocycles. The molecule has 0 unspecified atom stereocenters. The molecular formula is C20H22N4O4. The van der Waals surface area contributed by atoms with Crippen molar-refractivity contribution in [3.63, 3.8) is 0 Å². The van der Waals surface area contributed by atoms with E-state index in [0.717, 1.165) is 12.1 Å². The SMILES string of the molecule is COc1ccc(O[C@@H]2CCN(C(=O)[C@H]3CC(=O)N(c4ccccc4)C3)C2)nn1. The molecule has 2 saturated heterocycles. The Bertz CT molecular complexity index is 843. The summed E-state index contributed by atoms with van der Waals surface area (Å²) in [6.07, 6.45) is 0.844. The second-order valence-electron chi connectivity index (χ2n) is 6.97. The van der Waals surface area contributed by atoms with E-state index < -0.39 is 0 Å². The molecule has 2 aromatic rings. The molecule has 2 aliphatic rings. The standard InChI is InChI=1S/C20H22N4O4/c1-27-17-7-8-18(22-21-17)28-16-9-10-23(13-16)20(26)14-11-19(25)24(12-14)15-5-3-2-4-6-15/h2-8,14,16H,9-13H2,1H3/t14-,16+/m0/s1. The lowest BCUT2D eigenvalue weighted by atomic mass is 10.1. The molecule has 3 heterocycles. The van der Waals surface area contributed by atoms with E-state index in [4.69, 9.17) is 9.47 Å². The number of rotatable bonds is 5. The molecule has 8 heteroatoms. The van der Waals surface area contributed by atoms with Gasteiger partial charge in [-0.05, 0) is 12.1 Å². The summed E-state index contributed by atoms with van der Waals surface area (Å²) < 4.78 is 10.8. The summed E-state index contributed by atoms with van der Waals surface area (Å²) >= 11 is 0. The zero-order valence-corrected chi connectivity index (χ0v) is 15.7. The van der Waals surface area contributed by atoms with Crippen molar-refractivity contribution in [3.05, 3.63) is 42.5 Å². The Morgan fingerprint density at radius 2 is 1.82 bits per heavy atom. The number of amides is 2. The van der Waals surface area contributed by atoms with E-state index in [1.807, 2.05) is 30.3 Å². The summed E-state index contributed by atoms with van der Waals surface area (Å²) in [6.45, 7) is 1.53. The minimum atomic E-state index is -0.313. The van der Waals surface area contributed by atoms with Crippen LogP contribution in [0.4, 0.5) is 5.69 Å². The van der Waals surface area contributed by atoms with Gasteiger partial charge < -0.3 is 19.3 Å². The average molecular weight is 382 g/mol. The highest BCUT2D eigenvalue weighted by Gasteiger charge is 2.39. The second-order valence-corrected chi connectivity index (χ2v) is 6.97. The van der Waals surface area contributed by atoms with Crippen molar-refractivity contribution in [2.24, 2.45) is 5.92 Å². The van der Waals surface area contributed by atoms with Crippen molar-refractivity contribution in [2.45, 2.75) is 18.9 Å². The minimum Gasteiger partial charge on any atom is -0.480 e. The van der Waals surface area contributed by atoms with E-state index in [1.54, 1.807) is 21.9 Å². The highest BCUT2D eigenvalue weighted by Crippen LogP contribution is 2.27. The Morgan fingerprint density at radius 1 is 1.07 bits per heavy atom. The Morgan fingerprint density at radius 3 is 2.54 bits per heavy atom. The van der Waals surface area contributed by atoms with Crippen molar-refractivity contribution in [1.29, 1.82) is 0 Å². The van der Waals surface area contributed by atoms with Crippen molar-refractivity contribution >= 4 is 17.5 Å². The Balaban J connectivity index is 1.34. The first-order valence-electron chi connectivity index (χ1n) is 9.32. The molecule has 2 aliphatic heterocycles. The van der Waals surface area contributed by atoms with Crippen LogP contribution in [0, 0.1) is 5.92 Å². The zero-order valence-electron chi connectivity index (χ0n) is 15.7. The van der Waals surface area contributed by atoms with Crippen LogP contribution in [-0.2, 0) is 9.59 Å². The Labute approximate surface area is 163 Å². The van der Waals surface area contributed by atoms with Crippen LogP contribution in [0.2, 0.25) is 0 Å². The van der Waals surface area contributed by atoms with Crippen LogP contribution in [0.25, 0.3) is 0 Å². The predicted molar refractivity (Wildman–Crippen MR) is 101 cm³/mol. The molecule has 4 rings (SSSR count). The summed E-state index contributed by atoms with van der Waals surface area (Å²) in [6, 6.07) is 12.8. The van der Waals surface area contributed by atoms with Crippen LogP contribution in [-0.4, -0.2) is 59.8 Å². The topological polar surface area (TPSA) is 84.9 Å². The first-order chi connectivity index (χ1) is 13.6. The van der Waals surface area contributed by atoms with Gasteiger partial charge in [-0.3, -0.25) is 9.59 Å². The van der Waals surface area contributed by atoms with Gasteiger partial charge in [0.1, 0.15) is 6.10 Å². The molecule has 0 saturated carbocycles. The van der Waals surface area contributed by atoms with Gasteiger partial charge in [0.15, 0.2) is 0 Å². The molecule has 0 radical (unpaired) electrons. The Kier molecular flexibility index (Phi) is 5.10. The minimum absolute atomic E-state index is 0.00921. The van der Waals surface area contributed by atoms with Gasteiger partial charge in [-0.25, -0.2) is 0 Å². The lowest BCUT2D eigenvalue weighted by Crippen LogP contribution is -2.37. The van der Waals surface area contributed by atoms with E-state index >= 15 is 0 Å². The van der Waals surface area contributed by atoms with E-state index in [0.29, 0.717) is 31.4 Å². The molecule has 8 nitrogen and oxygen atoms in total. The van der Waals surface area contributed by atoms with Crippen LogP contribution >= 0.6 is 0 Å². The number of aromatic nitrogens is 2. The fourth-order valence-corrected chi connectivity index (χ4v) is 3.66. The van der Waals surface area contributed by atoms with Gasteiger partial charge in [-0.1, -0.05) is 18.2 Å². The van der Waals surface area contributed by atoms with Gasteiger partial charge in [0.2, 0.25) is 23.6 Å². The quantitative estimate of drug-likeness (QED) is 0.780. The van der Waals surface area contributed by atoms with Crippen LogP contribution in [0.3, 0.4) is 0 Å². The summed E-state index contributed by atoms with van der Waals surface area (Å²) in [5.74, 6) is 0.520. The number of benzene rings is 1. The first-order valence-corrected chi connectivity index (χ1v) is 9.32. The van der Waals surface area contributed by atoms with Gasteiger partial charge in [0, 0.05) is 43.8 Å². The van der Waals surface area contributed by atoms with Crippen LogP contribution in [0.1, 0.15) is 12.8 Å². The normalized spacial score (nSPS) is 21.8. The van der Waals surface area contributed by atoms with Crippen LogP contribution in [0.15, 0.2) is 42.5 Å². The lowest BCUT2D eigenvalue weighted by molar-refractivity contribution is -0.135. The summed E-state index contributed by atoms with van der Waals surface area (Å²) in [5, 5.41) is 7.84. The number of carbonyl (C=O) groups is 2. The fourth-order valence-electron chi connectivity index (χ4n) is 3.66. The maximum absolute atomic E-state index is 12.9. The van der Waals surface area contributed by atoms with Gasteiger partial charge in [0.25, 0.3) is 0 Å². The van der Waals surface area contributed by atoms with E-state index in [2.05, 4.69) is 10.2 Å². The molecule has 0 spiro atoms. The third-order valence-electron chi connectivity index (χ3n) is 5.11. The number of methoxy groups -OCH3 is 1. The number of likely N-dealkylation sites (tertiary alicyclic amines) is 1. The average Bonchev–Trinajstić information content (AvgIpc) is 3.35. The maximum Gasteiger partial charge on any atom is 0.233 e. The molecule has 146 valence electrons. The van der Waals surface area contributed by atoms with Crippen LogP contribution < -0.4 is 14.4 Å². The number of anilines is 1. The molecular weight excluding hydrogens is 360 g/mol. The molecule has 2 amide bonds. The van der Waals surface area contributed by atoms with Gasteiger partial charge >= 0.3 is 0 Å². The van der Waals surface area contributed by atoms with Crippen molar-refractivity contribution in [3.8, 4) is 11.8 Å².